The van der Waals surface area contributed by atoms with Crippen molar-refractivity contribution in [1.82, 2.24) is 19.1 Å². The largest absolute Gasteiger partial charge is 0.510 e. The Bertz CT molecular complexity index is 3840. The molecule has 0 N–H and O–H groups in total. The molecule has 7 heteroatoms. The first-order chi connectivity index (χ1) is 35.4. The molecule has 6 aromatic carbocycles. The second-order valence-corrected chi connectivity index (χ2v) is 17.6. The number of aromatic nitrogens is 5. The summed E-state index contributed by atoms with van der Waals surface area (Å²) in [5, 5.41) is 1.69. The van der Waals surface area contributed by atoms with Gasteiger partial charge in [0.05, 0.1) is 30.4 Å². The van der Waals surface area contributed by atoms with E-state index in [2.05, 4.69) is 45.3 Å². The van der Waals surface area contributed by atoms with Crippen LogP contribution in [0.15, 0.2) is 164 Å². The molecule has 0 radical (unpaired) electrons. The molecule has 0 atom stereocenters. The molecule has 64 heavy (non-hydrogen) atoms. The second kappa shape index (κ2) is 17.2. The van der Waals surface area contributed by atoms with E-state index in [1.54, 1.807) is 82.1 Å². The van der Waals surface area contributed by atoms with Gasteiger partial charge in [-0.2, -0.15) is 18.2 Å². The fourth-order valence-corrected chi connectivity index (χ4v) is 7.95. The molecule has 0 spiro atoms. The van der Waals surface area contributed by atoms with Crippen molar-refractivity contribution < 1.29 is 46.8 Å². The molecule has 6 nitrogen and oxygen atoms in total. The Hall–Kier alpha value is -6.62. The van der Waals surface area contributed by atoms with E-state index < -0.39 is 72.2 Å². The van der Waals surface area contributed by atoms with Crippen molar-refractivity contribution in [2.24, 2.45) is 10.8 Å². The van der Waals surface area contributed by atoms with Crippen molar-refractivity contribution in [2.75, 3.05) is 0 Å². The topological polar surface area (TPSA) is 48.8 Å². The summed E-state index contributed by atoms with van der Waals surface area (Å²) < 4.78 is 117. The average molecular weight is 1030 g/mol. The Balaban J connectivity index is 0.00000706. The van der Waals surface area contributed by atoms with Crippen LogP contribution in [-0.4, -0.2) is 19.1 Å². The summed E-state index contributed by atoms with van der Waals surface area (Å²) in [5.74, 6) is 1.15. The maximum absolute atomic E-state index is 9.11. The molecule has 10 rings (SSSR count). The zero-order valence-electron chi connectivity index (χ0n) is 48.0. The van der Waals surface area contributed by atoms with E-state index in [-0.39, 0.29) is 54.4 Å². The third-order valence-electron chi connectivity index (χ3n) is 10.4. The predicted molar refractivity (Wildman–Crippen MR) is 255 cm³/mol. The third-order valence-corrected chi connectivity index (χ3v) is 10.4. The molecule has 4 aromatic heterocycles. The number of pyridine rings is 2. The number of benzene rings is 6. The number of para-hydroxylation sites is 3. The van der Waals surface area contributed by atoms with Crippen LogP contribution in [-0.2, 0) is 33.9 Å². The van der Waals surface area contributed by atoms with Crippen molar-refractivity contribution >= 4 is 32.8 Å². The first kappa shape index (κ1) is 30.5. The monoisotopic (exact) mass is 1030 g/mol. The summed E-state index contributed by atoms with van der Waals surface area (Å²) in [7, 11) is 0. The van der Waals surface area contributed by atoms with Crippen LogP contribution in [0.4, 0.5) is 0 Å². The van der Waals surface area contributed by atoms with Crippen LogP contribution in [0.25, 0.3) is 72.3 Å². The molecule has 0 amide bonds. The number of rotatable bonds is 9. The number of fused-ring (bicyclic) bond motifs is 4. The minimum atomic E-state index is -1.69. The van der Waals surface area contributed by atoms with Crippen LogP contribution in [0.3, 0.4) is 0 Å². The molecule has 0 aliphatic rings. The molecule has 0 unspecified atom stereocenters. The summed E-state index contributed by atoms with van der Waals surface area (Å²) in [5.41, 5.74) is 3.69. The van der Waals surface area contributed by atoms with Crippen LogP contribution in [0, 0.1) is 29.3 Å². The normalized spacial score (nSPS) is 14.8. The Morgan fingerprint density at radius 2 is 1.38 bits per heavy atom. The Labute approximate surface area is 407 Å². The van der Waals surface area contributed by atoms with Gasteiger partial charge in [-0.1, -0.05) is 150 Å². The minimum Gasteiger partial charge on any atom is -0.510 e. The van der Waals surface area contributed by atoms with E-state index in [1.165, 1.54) is 0 Å². The van der Waals surface area contributed by atoms with E-state index in [1.807, 2.05) is 49.7 Å². The maximum Gasteiger partial charge on any atom is 0.268 e. The number of hydrogen-bond acceptors (Lipinski definition) is 3. The second-order valence-electron chi connectivity index (χ2n) is 17.6. The molecule has 0 bridgehead atoms. The number of nitrogens with zero attached hydrogens (tertiary/aromatic N) is 5. The molecule has 0 saturated carbocycles. The summed E-state index contributed by atoms with van der Waals surface area (Å²) in [6.07, 6.45) is 5.90. The summed E-state index contributed by atoms with van der Waals surface area (Å²) in [6, 6.07) is 28.0. The summed E-state index contributed by atoms with van der Waals surface area (Å²) in [4.78, 5) is 9.65. The third kappa shape index (κ3) is 8.55. The smallest absolute Gasteiger partial charge is 0.268 e. The van der Waals surface area contributed by atoms with Gasteiger partial charge in [0.2, 0.25) is 0 Å². The fourth-order valence-electron chi connectivity index (χ4n) is 7.95. The average Bonchev–Trinajstić information content (AvgIpc) is 3.93. The molecule has 10 aromatic rings. The van der Waals surface area contributed by atoms with Crippen LogP contribution >= 0.6 is 0 Å². The molecular weight excluding hydrogens is 966 g/mol. The molecule has 0 saturated heterocycles. The van der Waals surface area contributed by atoms with E-state index in [0.717, 1.165) is 22.0 Å². The van der Waals surface area contributed by atoms with Crippen LogP contribution in [0.1, 0.15) is 69.2 Å². The Morgan fingerprint density at radius 3 is 2.08 bits per heavy atom. The number of ether oxygens (including phenoxy) is 1. The quantitative estimate of drug-likeness (QED) is 0.107. The van der Waals surface area contributed by atoms with Gasteiger partial charge < -0.3 is 13.9 Å². The van der Waals surface area contributed by atoms with Gasteiger partial charge in [0, 0.05) is 58.9 Å². The van der Waals surface area contributed by atoms with E-state index in [4.69, 9.17) is 31.2 Å². The van der Waals surface area contributed by atoms with Gasteiger partial charge >= 0.3 is 0 Å². The van der Waals surface area contributed by atoms with Gasteiger partial charge in [-0.15, -0.1) is 29.7 Å². The van der Waals surface area contributed by atoms with Crippen LogP contribution < -0.4 is 9.30 Å². The van der Waals surface area contributed by atoms with Crippen LogP contribution in [0.5, 0.6) is 11.5 Å². The summed E-state index contributed by atoms with van der Waals surface area (Å²) in [6.45, 7) is 12.1. The molecule has 0 aliphatic heterocycles. The predicted octanol–water partition coefficient (Wildman–Crippen LogP) is 13.5. The number of imidazole rings is 1. The van der Waals surface area contributed by atoms with E-state index in [0.29, 0.717) is 51.5 Å². The van der Waals surface area contributed by atoms with E-state index >= 15 is 0 Å². The standard InChI is InChI=1S/C57H49N5O.Pt/c1-56(2,3)35-39-29-30-58-54(31-39)62-52-32-42(36-57(4,5)6)59-37-49(52)48-28-27-45(34-53(48)62)63-44-22-15-21-43(33-44)60-38-61(51-26-14-13-25-50(51)60)55-46(40-17-9-7-10-18-40)23-16-24-47(55)41-19-11-8-12-20-41;/h7-32,37H,35-36H2,1-6H3;/q-2;/i7D,8D,9D,10D,11D,12D,17D,18D,19D,20D,35D2;. The zero-order valence-corrected chi connectivity index (χ0v) is 38.3. The van der Waals surface area contributed by atoms with Gasteiger partial charge in [-0.3, -0.25) is 9.55 Å². The summed E-state index contributed by atoms with van der Waals surface area (Å²) >= 11 is 0. The van der Waals surface area contributed by atoms with Crippen molar-refractivity contribution in [3.8, 4) is 50.9 Å². The number of hydrogen-bond donors (Lipinski definition) is 0. The van der Waals surface area contributed by atoms with Gasteiger partial charge in [0.25, 0.3) is 6.33 Å². The van der Waals surface area contributed by atoms with Crippen molar-refractivity contribution in [1.29, 1.82) is 0 Å². The first-order valence-electron chi connectivity index (χ1n) is 26.6. The van der Waals surface area contributed by atoms with Gasteiger partial charge in [0.15, 0.2) is 0 Å². The van der Waals surface area contributed by atoms with Crippen molar-refractivity contribution in [3.05, 3.63) is 194 Å². The van der Waals surface area contributed by atoms with Gasteiger partial charge in [-0.25, -0.2) is 4.98 Å². The Morgan fingerprint density at radius 1 is 0.688 bits per heavy atom. The minimum absolute atomic E-state index is 0. The SMILES string of the molecule is [2H]c1c([2H])c([2H])c(-c2cccc(-c3c([2H])c([2H])c([2H])c([2H])c3[2H])c2-[n+]2[c-]n(-c3[c-]c(Oc4[c-]c5c(cc4)c4cnc(CC(C)(C)C)cc4n5-c4cc(C([2H])([2H])C(C)(C)C)ccn4)ccc3)c3ccccc32)c([2H])c1[2H].[Pt]. The first-order valence-corrected chi connectivity index (χ1v) is 20.6. The van der Waals surface area contributed by atoms with Crippen molar-refractivity contribution in [2.45, 2.75) is 54.3 Å². The molecule has 0 aliphatic carbocycles. The maximum atomic E-state index is 9.11. The Kier molecular flexibility index (Phi) is 8.17. The molecular formula is C57H49N5OPt-2. The van der Waals surface area contributed by atoms with Gasteiger partial charge in [0.1, 0.15) is 5.82 Å². The molecule has 4 heterocycles. The molecule has 0 fully saturated rings. The fraction of sp³-hybridized carbons (Fsp3) is 0.175. The van der Waals surface area contributed by atoms with Crippen LogP contribution in [0.2, 0.25) is 0 Å². The van der Waals surface area contributed by atoms with Gasteiger partial charge in [-0.05, 0) is 80.7 Å². The van der Waals surface area contributed by atoms with Crippen molar-refractivity contribution in [3.63, 3.8) is 0 Å². The zero-order chi connectivity index (χ0) is 53.8. The van der Waals surface area contributed by atoms with E-state index in [9.17, 15) is 0 Å². The molecule has 320 valence electrons.